The number of rotatable bonds is 2. The average Bonchev–Trinajstić information content (AvgIpc) is 3.72. The van der Waals surface area contributed by atoms with Gasteiger partial charge in [0.2, 0.25) is 5.69 Å². The van der Waals surface area contributed by atoms with Crippen molar-refractivity contribution in [2.24, 2.45) is 0 Å². The lowest BCUT2D eigenvalue weighted by Gasteiger charge is -2.11. The molecule has 9 aromatic rings. The Hall–Kier alpha value is -6.30. The Morgan fingerprint density at radius 2 is 1.28 bits per heavy atom. The van der Waals surface area contributed by atoms with Gasteiger partial charge in [0.05, 0.1) is 40.3 Å². The fourth-order valence-corrected chi connectivity index (χ4v) is 6.55. The van der Waals surface area contributed by atoms with E-state index in [9.17, 15) is 5.26 Å². The maximum absolute atomic E-state index is 10.1. The van der Waals surface area contributed by atoms with Crippen LogP contribution in [0.1, 0.15) is 5.56 Å². The predicted octanol–water partition coefficient (Wildman–Crippen LogP) is 10.7. The molecular formula is C38H19N3O2. The van der Waals surface area contributed by atoms with Crippen molar-refractivity contribution >= 4 is 71.4 Å². The van der Waals surface area contributed by atoms with Crippen LogP contribution in [0.2, 0.25) is 0 Å². The van der Waals surface area contributed by atoms with E-state index in [2.05, 4.69) is 76.1 Å². The molecule has 0 aliphatic rings. The van der Waals surface area contributed by atoms with Crippen molar-refractivity contribution in [1.82, 2.24) is 4.57 Å². The summed E-state index contributed by atoms with van der Waals surface area (Å²) in [5.41, 5.74) is 8.60. The second-order valence-electron chi connectivity index (χ2n) is 10.7. The first-order chi connectivity index (χ1) is 21.2. The molecule has 198 valence electrons. The molecule has 0 amide bonds. The smallest absolute Gasteiger partial charge is 0.206 e. The fraction of sp³-hybridized carbons (Fsp3) is 0. The maximum atomic E-state index is 10.1. The van der Waals surface area contributed by atoms with Crippen molar-refractivity contribution < 1.29 is 8.83 Å². The Labute approximate surface area is 244 Å². The molecule has 0 aliphatic carbocycles. The Bertz CT molecular complexity index is 2710. The van der Waals surface area contributed by atoms with E-state index in [-0.39, 0.29) is 0 Å². The lowest BCUT2D eigenvalue weighted by molar-refractivity contribution is 0.669. The van der Waals surface area contributed by atoms with Gasteiger partial charge < -0.3 is 13.4 Å². The molecule has 0 unspecified atom stereocenters. The Balaban J connectivity index is 1.39. The Morgan fingerprint density at radius 1 is 0.605 bits per heavy atom. The van der Waals surface area contributed by atoms with Crippen molar-refractivity contribution in [2.45, 2.75) is 0 Å². The van der Waals surface area contributed by atoms with Crippen LogP contribution in [-0.4, -0.2) is 4.57 Å². The number of fused-ring (bicyclic) bond motifs is 10. The highest BCUT2D eigenvalue weighted by atomic mass is 16.3. The van der Waals surface area contributed by atoms with Gasteiger partial charge in [0.1, 0.15) is 22.3 Å². The standard InChI is InChI=1S/C38H19N3O2/c1-40-30-9-6-10-31(29(30)21-39)41-32-17-14-22(23-13-15-26-24-7-2-4-11-34(24)42-36(26)20-23)19-28(32)37-33(41)18-16-27-25-8-3-5-12-35(25)43-38(27)37/h2-20H. The molecule has 0 N–H and O–H groups in total. The molecule has 6 aromatic carbocycles. The highest BCUT2D eigenvalue weighted by Gasteiger charge is 2.21. The first-order valence-electron chi connectivity index (χ1n) is 13.9. The molecule has 3 aromatic heterocycles. The van der Waals surface area contributed by atoms with Crippen LogP contribution in [0.4, 0.5) is 5.69 Å². The number of nitrogens with zero attached hydrogens (tertiary/aromatic N) is 3. The molecule has 5 nitrogen and oxygen atoms in total. The van der Waals surface area contributed by atoms with Gasteiger partial charge in [-0.25, -0.2) is 4.85 Å². The van der Waals surface area contributed by atoms with Gasteiger partial charge in [0, 0.05) is 26.9 Å². The first kappa shape index (κ1) is 23.4. The molecule has 0 radical (unpaired) electrons. The lowest BCUT2D eigenvalue weighted by atomic mass is 10.0. The Morgan fingerprint density at radius 3 is 2.09 bits per heavy atom. The molecule has 0 saturated carbocycles. The van der Waals surface area contributed by atoms with Gasteiger partial charge in [0.15, 0.2) is 0 Å². The third-order valence-electron chi connectivity index (χ3n) is 8.48. The zero-order valence-electron chi connectivity index (χ0n) is 22.6. The van der Waals surface area contributed by atoms with Gasteiger partial charge >= 0.3 is 0 Å². The van der Waals surface area contributed by atoms with Crippen LogP contribution in [0.3, 0.4) is 0 Å². The van der Waals surface area contributed by atoms with Gasteiger partial charge in [-0.1, -0.05) is 60.7 Å². The first-order valence-corrected chi connectivity index (χ1v) is 13.9. The molecule has 0 spiro atoms. The van der Waals surface area contributed by atoms with Gasteiger partial charge in [0.25, 0.3) is 0 Å². The highest BCUT2D eigenvalue weighted by molar-refractivity contribution is 6.24. The summed E-state index contributed by atoms with van der Waals surface area (Å²) in [6, 6.07) is 40.8. The summed E-state index contributed by atoms with van der Waals surface area (Å²) in [5, 5.41) is 16.4. The molecule has 5 heteroatoms. The molecule has 3 heterocycles. The van der Waals surface area contributed by atoms with Crippen LogP contribution in [0.25, 0.3) is 87.3 Å². The summed E-state index contributed by atoms with van der Waals surface area (Å²) < 4.78 is 14.8. The summed E-state index contributed by atoms with van der Waals surface area (Å²) in [4.78, 5) is 3.63. The van der Waals surface area contributed by atoms with E-state index in [0.717, 1.165) is 76.8 Å². The fourth-order valence-electron chi connectivity index (χ4n) is 6.55. The number of nitriles is 1. The third kappa shape index (κ3) is 3.19. The predicted molar refractivity (Wildman–Crippen MR) is 172 cm³/mol. The van der Waals surface area contributed by atoms with E-state index in [4.69, 9.17) is 15.4 Å². The minimum Gasteiger partial charge on any atom is -0.456 e. The molecule has 43 heavy (non-hydrogen) atoms. The van der Waals surface area contributed by atoms with Gasteiger partial charge in [-0.2, -0.15) is 5.26 Å². The van der Waals surface area contributed by atoms with Crippen molar-refractivity contribution in [3.05, 3.63) is 132 Å². The second-order valence-corrected chi connectivity index (χ2v) is 10.7. The minimum absolute atomic E-state index is 0.329. The van der Waals surface area contributed by atoms with E-state index in [1.807, 2.05) is 48.5 Å². The Kier molecular flexibility index (Phi) is 4.68. The van der Waals surface area contributed by atoms with Crippen LogP contribution in [0, 0.1) is 17.9 Å². The zero-order chi connectivity index (χ0) is 28.7. The zero-order valence-corrected chi connectivity index (χ0v) is 22.6. The molecule has 9 rings (SSSR count). The van der Waals surface area contributed by atoms with Gasteiger partial charge in [-0.05, 0) is 65.7 Å². The normalized spacial score (nSPS) is 11.7. The van der Waals surface area contributed by atoms with Crippen LogP contribution < -0.4 is 0 Å². The van der Waals surface area contributed by atoms with Crippen molar-refractivity contribution in [3.63, 3.8) is 0 Å². The second kappa shape index (κ2) is 8.60. The van der Waals surface area contributed by atoms with Crippen LogP contribution in [-0.2, 0) is 0 Å². The van der Waals surface area contributed by atoms with Crippen molar-refractivity contribution in [3.8, 4) is 22.9 Å². The van der Waals surface area contributed by atoms with E-state index in [1.54, 1.807) is 6.07 Å². The topological polar surface area (TPSA) is 59.4 Å². The number of hydrogen-bond acceptors (Lipinski definition) is 3. The number of hydrogen-bond donors (Lipinski definition) is 0. The van der Waals surface area contributed by atoms with Crippen LogP contribution in [0.15, 0.2) is 124 Å². The molecule has 0 aliphatic heterocycles. The van der Waals surface area contributed by atoms with Gasteiger partial charge in [-0.15, -0.1) is 0 Å². The minimum atomic E-state index is 0.329. The summed E-state index contributed by atoms with van der Waals surface area (Å²) in [6.45, 7) is 7.66. The molecule has 0 saturated heterocycles. The third-order valence-corrected chi connectivity index (χ3v) is 8.48. The van der Waals surface area contributed by atoms with Crippen molar-refractivity contribution in [2.75, 3.05) is 0 Å². The molecule has 0 atom stereocenters. The summed E-state index contributed by atoms with van der Waals surface area (Å²) >= 11 is 0. The molecule has 0 bridgehead atoms. The maximum Gasteiger partial charge on any atom is 0.206 e. The molecular weight excluding hydrogens is 530 g/mol. The summed E-state index contributed by atoms with van der Waals surface area (Å²) in [7, 11) is 0. The van der Waals surface area contributed by atoms with E-state index in [1.165, 1.54) is 0 Å². The average molecular weight is 550 g/mol. The van der Waals surface area contributed by atoms with Crippen LogP contribution in [0.5, 0.6) is 0 Å². The molecule has 0 fully saturated rings. The van der Waals surface area contributed by atoms with E-state index in [0.29, 0.717) is 16.9 Å². The van der Waals surface area contributed by atoms with E-state index >= 15 is 0 Å². The lowest BCUT2D eigenvalue weighted by Crippen LogP contribution is -1.97. The summed E-state index contributed by atoms with van der Waals surface area (Å²) in [6.07, 6.45) is 0. The van der Waals surface area contributed by atoms with E-state index < -0.39 is 0 Å². The SMILES string of the molecule is [C-]#[N+]c1cccc(-n2c3ccc(-c4ccc5c(c4)oc4ccccc45)cc3c3c4oc5ccccc5c4ccc32)c1C#N. The number of para-hydroxylation sites is 2. The van der Waals surface area contributed by atoms with Crippen LogP contribution >= 0.6 is 0 Å². The number of furan rings is 2. The number of benzene rings is 6. The largest absolute Gasteiger partial charge is 0.456 e. The van der Waals surface area contributed by atoms with Gasteiger partial charge in [-0.3, -0.25) is 0 Å². The monoisotopic (exact) mass is 549 g/mol. The summed E-state index contributed by atoms with van der Waals surface area (Å²) in [5.74, 6) is 0. The quantitative estimate of drug-likeness (QED) is 0.202. The number of aromatic nitrogens is 1. The van der Waals surface area contributed by atoms with Crippen molar-refractivity contribution in [1.29, 1.82) is 5.26 Å². The highest BCUT2D eigenvalue weighted by Crippen LogP contribution is 2.43.